The van der Waals surface area contributed by atoms with E-state index >= 15 is 0 Å². The summed E-state index contributed by atoms with van der Waals surface area (Å²) in [5, 5.41) is 21.7. The maximum Gasteiger partial charge on any atom is 0.124 e. The molecule has 0 amide bonds. The molecule has 0 saturated carbocycles. The molecule has 2 aliphatic carbocycles. The zero-order chi connectivity index (χ0) is 24.7. The van der Waals surface area contributed by atoms with Crippen molar-refractivity contribution in [1.29, 1.82) is 0 Å². The average Bonchev–Trinajstić information content (AvgIpc) is 3.16. The van der Waals surface area contributed by atoms with Gasteiger partial charge in [-0.3, -0.25) is 0 Å². The van der Waals surface area contributed by atoms with Crippen LogP contribution in [0.5, 0.6) is 5.75 Å². The second kappa shape index (κ2) is 9.03. The van der Waals surface area contributed by atoms with E-state index in [0.29, 0.717) is 25.4 Å². The molecule has 4 nitrogen and oxygen atoms in total. The Hall–Kier alpha value is -3.34. The van der Waals surface area contributed by atoms with Crippen molar-refractivity contribution in [3.8, 4) is 16.9 Å². The number of phenols is 1. The van der Waals surface area contributed by atoms with Crippen LogP contribution in [-0.4, -0.2) is 31.0 Å². The van der Waals surface area contributed by atoms with Crippen molar-refractivity contribution >= 4 is 0 Å². The summed E-state index contributed by atoms with van der Waals surface area (Å²) in [6.07, 6.45) is 2.91. The van der Waals surface area contributed by atoms with Crippen LogP contribution in [0.1, 0.15) is 41.2 Å². The Morgan fingerprint density at radius 1 is 0.857 bits per heavy atom. The molecule has 3 aromatic rings. The van der Waals surface area contributed by atoms with Crippen LogP contribution in [0.3, 0.4) is 0 Å². The first-order chi connectivity index (χ1) is 16.9. The third kappa shape index (κ3) is 3.51. The summed E-state index contributed by atoms with van der Waals surface area (Å²) in [6, 6.07) is 21.5. The van der Waals surface area contributed by atoms with E-state index in [1.807, 2.05) is 13.8 Å². The van der Waals surface area contributed by atoms with E-state index in [1.165, 1.54) is 22.3 Å². The van der Waals surface area contributed by atoms with Gasteiger partial charge in [0.1, 0.15) is 11.5 Å². The number of ether oxygens (including phenoxy) is 2. The van der Waals surface area contributed by atoms with Gasteiger partial charge in [0.15, 0.2) is 0 Å². The van der Waals surface area contributed by atoms with Gasteiger partial charge in [0.25, 0.3) is 0 Å². The summed E-state index contributed by atoms with van der Waals surface area (Å²) in [5.41, 5.74) is 8.90. The van der Waals surface area contributed by atoms with Crippen LogP contribution in [0, 0.1) is 12.8 Å². The van der Waals surface area contributed by atoms with Crippen molar-refractivity contribution in [2.75, 3.05) is 20.8 Å². The zero-order valence-electron chi connectivity index (χ0n) is 20.8. The molecule has 180 valence electrons. The summed E-state index contributed by atoms with van der Waals surface area (Å²) in [4.78, 5) is 0. The van der Waals surface area contributed by atoms with E-state index in [-0.39, 0.29) is 11.7 Å². The molecule has 5 rings (SSSR count). The predicted molar refractivity (Wildman–Crippen MR) is 139 cm³/mol. The molecule has 0 fully saturated rings. The molecule has 0 saturated heterocycles. The number of phenolic OH excluding ortho intramolecular Hbond substituents is 1. The Bertz CT molecular complexity index is 1300. The summed E-state index contributed by atoms with van der Waals surface area (Å²) < 4.78 is 10.9. The minimum Gasteiger partial charge on any atom is -0.508 e. The Kier molecular flexibility index (Phi) is 6.04. The van der Waals surface area contributed by atoms with Crippen LogP contribution in [0.15, 0.2) is 83.6 Å². The lowest BCUT2D eigenvalue weighted by molar-refractivity contribution is 0.181. The van der Waals surface area contributed by atoms with E-state index < -0.39 is 5.41 Å². The van der Waals surface area contributed by atoms with Crippen LogP contribution in [0.4, 0.5) is 0 Å². The van der Waals surface area contributed by atoms with Crippen molar-refractivity contribution in [1.82, 2.24) is 0 Å². The highest BCUT2D eigenvalue weighted by molar-refractivity contribution is 5.84. The number of aliphatic hydroxyl groups is 1. The first-order valence-corrected chi connectivity index (χ1v) is 12.0. The summed E-state index contributed by atoms with van der Waals surface area (Å²) in [6.45, 7) is 4.63. The topological polar surface area (TPSA) is 58.9 Å². The number of aromatic hydroxyl groups is 1. The molecule has 4 heteroatoms. The van der Waals surface area contributed by atoms with Crippen molar-refractivity contribution in [3.05, 3.63) is 111 Å². The standard InChI is InChI=1S/C31H32O4/c1-19-13-23(15-21(17-34-3)29(19)32)31(24-14-20(2)30(33)22(16-24)18-35-4)27-11-7-5-9-25(27)26-10-6-8-12-28(26)31/h5-13,15-16,24,32-33H,14,17-18H2,1-4H3. The van der Waals surface area contributed by atoms with Gasteiger partial charge >= 0.3 is 0 Å². The second-order valence-corrected chi connectivity index (χ2v) is 9.70. The van der Waals surface area contributed by atoms with Crippen LogP contribution < -0.4 is 0 Å². The molecular formula is C31H32O4. The quantitative estimate of drug-likeness (QED) is 0.429. The fraction of sp³-hybridized carbons (Fsp3) is 0.290. The lowest BCUT2D eigenvalue weighted by atomic mass is 9.60. The molecule has 3 aromatic carbocycles. The van der Waals surface area contributed by atoms with Crippen molar-refractivity contribution in [2.45, 2.75) is 32.3 Å². The third-order valence-corrected chi connectivity index (χ3v) is 7.62. The summed E-state index contributed by atoms with van der Waals surface area (Å²) in [5.74, 6) is 0.644. The molecule has 0 spiro atoms. The number of hydrogen-bond acceptors (Lipinski definition) is 4. The Morgan fingerprint density at radius 3 is 2.06 bits per heavy atom. The number of hydrogen-bond donors (Lipinski definition) is 2. The van der Waals surface area contributed by atoms with Gasteiger partial charge < -0.3 is 19.7 Å². The van der Waals surface area contributed by atoms with Gasteiger partial charge in [-0.2, -0.15) is 0 Å². The lowest BCUT2D eigenvalue weighted by Gasteiger charge is -2.42. The highest BCUT2D eigenvalue weighted by Crippen LogP contribution is 2.59. The molecule has 0 aliphatic heterocycles. The summed E-state index contributed by atoms with van der Waals surface area (Å²) >= 11 is 0. The zero-order valence-corrected chi connectivity index (χ0v) is 20.8. The maximum atomic E-state index is 10.9. The highest BCUT2D eigenvalue weighted by atomic mass is 16.5. The van der Waals surface area contributed by atoms with E-state index in [4.69, 9.17) is 9.47 Å². The number of fused-ring (bicyclic) bond motifs is 3. The Balaban J connectivity index is 1.88. The molecular weight excluding hydrogens is 436 g/mol. The third-order valence-electron chi connectivity index (χ3n) is 7.62. The minimum atomic E-state index is -0.505. The lowest BCUT2D eigenvalue weighted by Crippen LogP contribution is -2.37. The highest BCUT2D eigenvalue weighted by Gasteiger charge is 2.50. The Labute approximate surface area is 207 Å². The molecule has 1 unspecified atom stereocenters. The number of rotatable bonds is 6. The van der Waals surface area contributed by atoms with Crippen LogP contribution in [-0.2, 0) is 21.5 Å². The predicted octanol–water partition coefficient (Wildman–Crippen LogP) is 6.59. The van der Waals surface area contributed by atoms with Gasteiger partial charge in [0, 0.05) is 25.4 Å². The largest absolute Gasteiger partial charge is 0.508 e. The van der Waals surface area contributed by atoms with Crippen LogP contribution in [0.25, 0.3) is 11.1 Å². The van der Waals surface area contributed by atoms with Gasteiger partial charge in [-0.15, -0.1) is 0 Å². The van der Waals surface area contributed by atoms with Crippen molar-refractivity contribution < 1.29 is 19.7 Å². The van der Waals surface area contributed by atoms with Gasteiger partial charge in [-0.05, 0) is 71.2 Å². The number of aliphatic hydroxyl groups excluding tert-OH is 1. The van der Waals surface area contributed by atoms with E-state index in [0.717, 1.165) is 27.8 Å². The minimum absolute atomic E-state index is 0.0349. The molecule has 0 aromatic heterocycles. The first-order valence-electron chi connectivity index (χ1n) is 12.0. The second-order valence-electron chi connectivity index (χ2n) is 9.70. The molecule has 0 bridgehead atoms. The maximum absolute atomic E-state index is 10.9. The van der Waals surface area contributed by atoms with Crippen molar-refractivity contribution in [3.63, 3.8) is 0 Å². The Morgan fingerprint density at radius 2 is 1.46 bits per heavy atom. The molecule has 0 heterocycles. The van der Waals surface area contributed by atoms with Gasteiger partial charge in [0.05, 0.1) is 18.6 Å². The summed E-state index contributed by atoms with van der Waals surface area (Å²) in [7, 11) is 3.30. The smallest absolute Gasteiger partial charge is 0.124 e. The molecule has 2 aliphatic rings. The van der Waals surface area contributed by atoms with Gasteiger partial charge in [-0.1, -0.05) is 60.7 Å². The molecule has 1 atom stereocenters. The fourth-order valence-corrected chi connectivity index (χ4v) is 6.17. The molecule has 35 heavy (non-hydrogen) atoms. The van der Waals surface area contributed by atoms with Gasteiger partial charge in [-0.25, -0.2) is 0 Å². The number of methoxy groups -OCH3 is 2. The van der Waals surface area contributed by atoms with E-state index in [1.54, 1.807) is 14.2 Å². The normalized spacial score (nSPS) is 18.3. The van der Waals surface area contributed by atoms with Crippen LogP contribution >= 0.6 is 0 Å². The number of aryl methyl sites for hydroxylation is 1. The molecule has 0 radical (unpaired) electrons. The van der Waals surface area contributed by atoms with Crippen LogP contribution in [0.2, 0.25) is 0 Å². The van der Waals surface area contributed by atoms with E-state index in [2.05, 4.69) is 66.7 Å². The molecule has 2 N–H and O–H groups in total. The van der Waals surface area contributed by atoms with E-state index in [9.17, 15) is 10.2 Å². The fourth-order valence-electron chi connectivity index (χ4n) is 6.17. The van der Waals surface area contributed by atoms with Crippen molar-refractivity contribution in [2.24, 2.45) is 5.92 Å². The SMILES string of the molecule is COCC1=CC(C2(c3cc(C)c(O)c(COC)c3)c3ccccc3-c3ccccc32)CC(C)=C1O. The average molecular weight is 469 g/mol. The van der Waals surface area contributed by atoms with Gasteiger partial charge in [0.2, 0.25) is 0 Å². The number of allylic oxidation sites excluding steroid dienone is 2. The number of benzene rings is 3. The first kappa shape index (κ1) is 23.4. The monoisotopic (exact) mass is 468 g/mol.